The summed E-state index contributed by atoms with van der Waals surface area (Å²) in [4.78, 5) is 4.09. The van der Waals surface area contributed by atoms with Gasteiger partial charge in [0.25, 0.3) is 0 Å². The van der Waals surface area contributed by atoms with Crippen LogP contribution in [0.5, 0.6) is 0 Å². The van der Waals surface area contributed by atoms with Crippen LogP contribution in [-0.2, 0) is 0 Å². The van der Waals surface area contributed by atoms with Gasteiger partial charge in [-0.2, -0.15) is 0 Å². The molecule has 0 aliphatic rings. The SMILES string of the molecule is C=C(C)/C=C\C(=C)c1onc(-c2ccccc2)c1C(O)c1cccnc1. The molecule has 1 N–H and O–H groups in total. The minimum Gasteiger partial charge on any atom is -0.383 e. The lowest BCUT2D eigenvalue weighted by Gasteiger charge is -2.12. The number of hydrogen-bond donors (Lipinski definition) is 1. The molecule has 3 rings (SSSR count). The van der Waals surface area contributed by atoms with Gasteiger partial charge in [-0.15, -0.1) is 0 Å². The minimum atomic E-state index is -0.935. The molecule has 0 saturated heterocycles. The van der Waals surface area contributed by atoms with E-state index in [0.717, 1.165) is 11.1 Å². The van der Waals surface area contributed by atoms with E-state index in [9.17, 15) is 5.11 Å². The van der Waals surface area contributed by atoms with E-state index in [4.69, 9.17) is 4.52 Å². The van der Waals surface area contributed by atoms with E-state index in [0.29, 0.717) is 28.2 Å². The van der Waals surface area contributed by atoms with E-state index in [1.807, 2.05) is 49.4 Å². The predicted octanol–water partition coefficient (Wildman–Crippen LogP) is 4.96. The van der Waals surface area contributed by atoms with Crippen LogP contribution in [0.3, 0.4) is 0 Å². The smallest absolute Gasteiger partial charge is 0.173 e. The van der Waals surface area contributed by atoms with Crippen molar-refractivity contribution in [2.45, 2.75) is 13.0 Å². The van der Waals surface area contributed by atoms with Crippen molar-refractivity contribution in [3.8, 4) is 11.3 Å². The monoisotopic (exact) mass is 344 g/mol. The van der Waals surface area contributed by atoms with Crippen LogP contribution in [0.4, 0.5) is 0 Å². The fourth-order valence-corrected chi connectivity index (χ4v) is 2.61. The van der Waals surface area contributed by atoms with Crippen molar-refractivity contribution in [1.29, 1.82) is 0 Å². The zero-order valence-corrected chi connectivity index (χ0v) is 14.6. The Labute approximate surface area is 152 Å². The van der Waals surface area contributed by atoms with Gasteiger partial charge in [-0.3, -0.25) is 4.98 Å². The zero-order valence-electron chi connectivity index (χ0n) is 14.6. The Morgan fingerprint density at radius 3 is 2.54 bits per heavy atom. The summed E-state index contributed by atoms with van der Waals surface area (Å²) in [5, 5.41) is 15.2. The first kappa shape index (κ1) is 17.6. The van der Waals surface area contributed by atoms with Crippen LogP contribution in [0.2, 0.25) is 0 Å². The van der Waals surface area contributed by atoms with Crippen LogP contribution in [0.25, 0.3) is 16.8 Å². The summed E-state index contributed by atoms with van der Waals surface area (Å²) in [6, 6.07) is 13.2. The Bertz CT molecular complexity index is 941. The standard InChI is InChI=1S/C22H20N2O2/c1-15(2)11-12-16(3)22-19(21(25)18-10-7-13-23-14-18)20(24-26-22)17-8-5-4-6-9-17/h4-14,21,25H,1,3H2,2H3/b12-11-. The van der Waals surface area contributed by atoms with Crippen LogP contribution in [-0.4, -0.2) is 15.2 Å². The van der Waals surface area contributed by atoms with Crippen molar-refractivity contribution in [3.05, 3.63) is 103 Å². The average molecular weight is 344 g/mol. The number of benzene rings is 1. The normalized spacial score (nSPS) is 12.2. The quantitative estimate of drug-likeness (QED) is 0.642. The molecule has 0 aliphatic carbocycles. The van der Waals surface area contributed by atoms with E-state index in [1.54, 1.807) is 24.5 Å². The van der Waals surface area contributed by atoms with E-state index in [2.05, 4.69) is 23.3 Å². The lowest BCUT2D eigenvalue weighted by molar-refractivity contribution is 0.218. The highest BCUT2D eigenvalue weighted by atomic mass is 16.5. The molecule has 4 heteroatoms. The number of nitrogens with zero attached hydrogens (tertiary/aromatic N) is 2. The third-order valence-electron chi connectivity index (χ3n) is 3.91. The number of aliphatic hydroxyl groups excluding tert-OH is 1. The minimum absolute atomic E-state index is 0.442. The summed E-state index contributed by atoms with van der Waals surface area (Å²) >= 11 is 0. The molecule has 1 atom stereocenters. The van der Waals surface area contributed by atoms with Crippen molar-refractivity contribution < 1.29 is 9.63 Å². The van der Waals surface area contributed by atoms with Crippen molar-refractivity contribution >= 4 is 5.57 Å². The summed E-state index contributed by atoms with van der Waals surface area (Å²) in [5.74, 6) is 0.442. The van der Waals surface area contributed by atoms with Gasteiger partial charge >= 0.3 is 0 Å². The number of rotatable bonds is 6. The fraction of sp³-hybridized carbons (Fsp3) is 0.0909. The van der Waals surface area contributed by atoms with Crippen LogP contribution >= 0.6 is 0 Å². The molecule has 0 spiro atoms. The number of aliphatic hydroxyl groups is 1. The fourth-order valence-electron chi connectivity index (χ4n) is 2.61. The second-order valence-electron chi connectivity index (χ2n) is 6.03. The van der Waals surface area contributed by atoms with Gasteiger partial charge < -0.3 is 9.63 Å². The van der Waals surface area contributed by atoms with Gasteiger partial charge in [0, 0.05) is 29.1 Å². The molecule has 0 bridgehead atoms. The first-order valence-electron chi connectivity index (χ1n) is 8.23. The lowest BCUT2D eigenvalue weighted by Crippen LogP contribution is -2.03. The summed E-state index contributed by atoms with van der Waals surface area (Å²) in [6.07, 6.45) is 6.00. The van der Waals surface area contributed by atoms with Crippen LogP contribution in [0.15, 0.2) is 90.3 Å². The molecule has 2 aromatic heterocycles. The highest BCUT2D eigenvalue weighted by molar-refractivity contribution is 5.77. The van der Waals surface area contributed by atoms with E-state index < -0.39 is 6.10 Å². The molecule has 0 saturated carbocycles. The van der Waals surface area contributed by atoms with Gasteiger partial charge in [0.1, 0.15) is 11.8 Å². The Morgan fingerprint density at radius 2 is 1.88 bits per heavy atom. The second kappa shape index (κ2) is 7.76. The molecular formula is C22H20N2O2. The number of hydrogen-bond acceptors (Lipinski definition) is 4. The van der Waals surface area contributed by atoms with Crippen molar-refractivity contribution in [2.24, 2.45) is 0 Å². The summed E-state index contributed by atoms with van der Waals surface area (Å²) in [7, 11) is 0. The lowest BCUT2D eigenvalue weighted by atomic mass is 9.95. The molecule has 0 fully saturated rings. The number of pyridine rings is 1. The zero-order chi connectivity index (χ0) is 18.5. The molecule has 1 unspecified atom stereocenters. The highest BCUT2D eigenvalue weighted by Gasteiger charge is 2.26. The van der Waals surface area contributed by atoms with E-state index >= 15 is 0 Å². The van der Waals surface area contributed by atoms with Crippen molar-refractivity contribution in [1.82, 2.24) is 10.1 Å². The molecule has 2 heterocycles. The Morgan fingerprint density at radius 1 is 1.12 bits per heavy atom. The molecule has 0 aliphatic heterocycles. The van der Waals surface area contributed by atoms with Gasteiger partial charge in [0.05, 0.1) is 5.56 Å². The second-order valence-corrected chi connectivity index (χ2v) is 6.03. The topological polar surface area (TPSA) is 59.2 Å². The maximum atomic E-state index is 11.0. The van der Waals surface area contributed by atoms with E-state index in [1.165, 1.54) is 0 Å². The molecule has 0 radical (unpaired) electrons. The summed E-state index contributed by atoms with van der Waals surface area (Å²) < 4.78 is 5.58. The van der Waals surface area contributed by atoms with Gasteiger partial charge in [0.2, 0.25) is 0 Å². The summed E-state index contributed by atoms with van der Waals surface area (Å²) in [6.45, 7) is 9.79. The molecule has 1 aromatic carbocycles. The van der Waals surface area contributed by atoms with Crippen LogP contribution in [0.1, 0.15) is 29.9 Å². The van der Waals surface area contributed by atoms with Crippen LogP contribution < -0.4 is 0 Å². The van der Waals surface area contributed by atoms with Crippen LogP contribution in [0, 0.1) is 0 Å². The van der Waals surface area contributed by atoms with Gasteiger partial charge in [-0.25, -0.2) is 0 Å². The predicted molar refractivity (Wildman–Crippen MR) is 103 cm³/mol. The van der Waals surface area contributed by atoms with Gasteiger partial charge in [-0.05, 0) is 13.0 Å². The average Bonchev–Trinajstić information content (AvgIpc) is 3.12. The first-order chi connectivity index (χ1) is 12.6. The third kappa shape index (κ3) is 3.71. The molecule has 26 heavy (non-hydrogen) atoms. The maximum absolute atomic E-state index is 11.0. The van der Waals surface area contributed by atoms with Crippen molar-refractivity contribution in [3.63, 3.8) is 0 Å². The molecular weight excluding hydrogens is 324 g/mol. The van der Waals surface area contributed by atoms with Gasteiger partial charge in [-0.1, -0.05) is 72.4 Å². The van der Waals surface area contributed by atoms with Crippen molar-refractivity contribution in [2.75, 3.05) is 0 Å². The number of allylic oxidation sites excluding steroid dienone is 4. The molecule has 3 aromatic rings. The molecule has 4 nitrogen and oxygen atoms in total. The summed E-state index contributed by atoms with van der Waals surface area (Å²) in [5.41, 5.74) is 4.18. The molecule has 130 valence electrons. The Balaban J connectivity index is 2.13. The highest BCUT2D eigenvalue weighted by Crippen LogP contribution is 2.36. The Kier molecular flexibility index (Phi) is 5.25. The largest absolute Gasteiger partial charge is 0.383 e. The number of aromatic nitrogens is 2. The molecule has 0 amide bonds. The van der Waals surface area contributed by atoms with E-state index in [-0.39, 0.29) is 0 Å². The maximum Gasteiger partial charge on any atom is 0.173 e. The Hall–Kier alpha value is -3.24. The third-order valence-corrected chi connectivity index (χ3v) is 3.91. The van der Waals surface area contributed by atoms with Gasteiger partial charge in [0.15, 0.2) is 5.76 Å². The first-order valence-corrected chi connectivity index (χ1v) is 8.23.